The SMILES string of the molecule is COc1ccccc1OC(=O)[C@@H](CCC(C)C)CN(CC(C)C)C(=O)N[C@@H](Cc1ccc(-c2ccccc2)cc1)C(=O)O. The van der Waals surface area contributed by atoms with Crippen molar-refractivity contribution in [2.45, 2.75) is 53.0 Å². The summed E-state index contributed by atoms with van der Waals surface area (Å²) >= 11 is 0. The summed E-state index contributed by atoms with van der Waals surface area (Å²) in [5.41, 5.74) is 2.88. The molecular formula is C35H44N2O6. The Balaban J connectivity index is 1.75. The highest BCUT2D eigenvalue weighted by Crippen LogP contribution is 2.28. The number of nitrogens with zero attached hydrogens (tertiary/aromatic N) is 1. The first kappa shape index (κ1) is 33.2. The number of aliphatic carboxylic acids is 1. The maximum absolute atomic E-state index is 13.6. The molecule has 43 heavy (non-hydrogen) atoms. The van der Waals surface area contributed by atoms with E-state index in [1.54, 1.807) is 24.3 Å². The van der Waals surface area contributed by atoms with Gasteiger partial charge in [0.2, 0.25) is 0 Å². The third kappa shape index (κ3) is 10.5. The van der Waals surface area contributed by atoms with Crippen LogP contribution >= 0.6 is 0 Å². The molecule has 0 radical (unpaired) electrons. The summed E-state index contributed by atoms with van der Waals surface area (Å²) in [6.07, 6.45) is 1.40. The van der Waals surface area contributed by atoms with Gasteiger partial charge in [0, 0.05) is 19.5 Å². The highest BCUT2D eigenvalue weighted by Gasteiger charge is 2.30. The summed E-state index contributed by atoms with van der Waals surface area (Å²) in [5, 5.41) is 12.7. The Labute approximate surface area is 255 Å². The van der Waals surface area contributed by atoms with Gasteiger partial charge in [-0.05, 0) is 47.1 Å². The van der Waals surface area contributed by atoms with E-state index in [1.807, 2.05) is 68.4 Å². The second-order valence-electron chi connectivity index (χ2n) is 11.6. The van der Waals surface area contributed by atoms with Crippen LogP contribution in [0.1, 0.15) is 46.1 Å². The number of methoxy groups -OCH3 is 1. The lowest BCUT2D eigenvalue weighted by atomic mass is 9.97. The molecule has 0 bridgehead atoms. The normalized spacial score (nSPS) is 12.4. The van der Waals surface area contributed by atoms with Crippen LogP contribution in [0.25, 0.3) is 11.1 Å². The van der Waals surface area contributed by atoms with Gasteiger partial charge in [-0.2, -0.15) is 0 Å². The van der Waals surface area contributed by atoms with Gasteiger partial charge in [-0.15, -0.1) is 0 Å². The topological polar surface area (TPSA) is 105 Å². The quantitative estimate of drug-likeness (QED) is 0.152. The van der Waals surface area contributed by atoms with Gasteiger partial charge >= 0.3 is 18.0 Å². The third-order valence-electron chi connectivity index (χ3n) is 7.12. The Morgan fingerprint density at radius 2 is 1.37 bits per heavy atom. The summed E-state index contributed by atoms with van der Waals surface area (Å²) in [5.74, 6) is -0.998. The van der Waals surface area contributed by atoms with Crippen LogP contribution in [-0.2, 0) is 16.0 Å². The number of esters is 1. The Hall–Kier alpha value is -4.33. The zero-order valence-corrected chi connectivity index (χ0v) is 25.8. The first-order valence-corrected chi connectivity index (χ1v) is 14.8. The number of nitrogens with one attached hydrogen (secondary N) is 1. The molecule has 0 aliphatic carbocycles. The molecule has 0 unspecified atom stereocenters. The van der Waals surface area contributed by atoms with E-state index in [4.69, 9.17) is 9.47 Å². The number of para-hydroxylation sites is 2. The van der Waals surface area contributed by atoms with Gasteiger partial charge in [0.25, 0.3) is 0 Å². The van der Waals surface area contributed by atoms with Gasteiger partial charge in [-0.1, -0.05) is 101 Å². The highest BCUT2D eigenvalue weighted by molar-refractivity contribution is 5.83. The number of benzene rings is 3. The maximum atomic E-state index is 13.6. The van der Waals surface area contributed by atoms with Crippen LogP contribution in [0.2, 0.25) is 0 Å². The smallest absolute Gasteiger partial charge is 0.326 e. The van der Waals surface area contributed by atoms with Crippen molar-refractivity contribution >= 4 is 18.0 Å². The number of hydrogen-bond acceptors (Lipinski definition) is 5. The number of hydrogen-bond donors (Lipinski definition) is 2. The minimum atomic E-state index is -1.14. The fourth-order valence-corrected chi connectivity index (χ4v) is 4.80. The molecule has 0 aliphatic heterocycles. The van der Waals surface area contributed by atoms with Crippen molar-refractivity contribution in [3.05, 3.63) is 84.4 Å². The predicted octanol–water partition coefficient (Wildman–Crippen LogP) is 6.68. The molecule has 8 nitrogen and oxygen atoms in total. The number of carboxylic acids is 1. The largest absolute Gasteiger partial charge is 0.493 e. The van der Waals surface area contributed by atoms with E-state index in [9.17, 15) is 19.5 Å². The predicted molar refractivity (Wildman–Crippen MR) is 168 cm³/mol. The zero-order chi connectivity index (χ0) is 31.4. The molecule has 230 valence electrons. The summed E-state index contributed by atoms with van der Waals surface area (Å²) in [6, 6.07) is 22.8. The van der Waals surface area contributed by atoms with Crippen LogP contribution in [0.5, 0.6) is 11.5 Å². The average molecular weight is 589 g/mol. The van der Waals surface area contributed by atoms with Crippen LogP contribution in [0.4, 0.5) is 4.79 Å². The highest BCUT2D eigenvalue weighted by atomic mass is 16.6. The molecule has 2 atom stereocenters. The van der Waals surface area contributed by atoms with Gasteiger partial charge in [0.15, 0.2) is 11.5 Å². The molecule has 3 aromatic rings. The Morgan fingerprint density at radius 3 is 1.95 bits per heavy atom. The molecule has 2 N–H and O–H groups in total. The van der Waals surface area contributed by atoms with Crippen molar-refractivity contribution in [1.29, 1.82) is 0 Å². The van der Waals surface area contributed by atoms with E-state index in [2.05, 4.69) is 19.2 Å². The number of carbonyl (C=O) groups excluding carboxylic acids is 2. The number of ether oxygens (including phenoxy) is 2. The molecule has 2 amide bonds. The lowest BCUT2D eigenvalue weighted by molar-refractivity contribution is -0.141. The van der Waals surface area contributed by atoms with Gasteiger partial charge in [-0.25, -0.2) is 9.59 Å². The molecular weight excluding hydrogens is 544 g/mol. The Bertz CT molecular complexity index is 1320. The molecule has 8 heteroatoms. The first-order chi connectivity index (χ1) is 20.6. The van der Waals surface area contributed by atoms with Crippen molar-refractivity contribution in [1.82, 2.24) is 10.2 Å². The van der Waals surface area contributed by atoms with Crippen molar-refractivity contribution < 1.29 is 29.0 Å². The lowest BCUT2D eigenvalue weighted by Crippen LogP contribution is -2.51. The molecule has 0 aliphatic rings. The second-order valence-corrected chi connectivity index (χ2v) is 11.6. The summed E-state index contributed by atoms with van der Waals surface area (Å²) in [4.78, 5) is 40.7. The molecule has 0 fully saturated rings. The van der Waals surface area contributed by atoms with E-state index in [1.165, 1.54) is 12.0 Å². The number of amides is 2. The van der Waals surface area contributed by atoms with Crippen LogP contribution in [0.15, 0.2) is 78.9 Å². The van der Waals surface area contributed by atoms with E-state index in [0.29, 0.717) is 30.4 Å². The third-order valence-corrected chi connectivity index (χ3v) is 7.12. The average Bonchev–Trinajstić information content (AvgIpc) is 2.98. The van der Waals surface area contributed by atoms with Crippen molar-refractivity contribution in [2.24, 2.45) is 17.8 Å². The molecule has 0 saturated carbocycles. The van der Waals surface area contributed by atoms with Gasteiger partial charge < -0.3 is 24.8 Å². The number of carboxylic acid groups (broad SMARTS) is 1. The molecule has 0 saturated heterocycles. The van der Waals surface area contributed by atoms with Gasteiger partial charge in [0.1, 0.15) is 6.04 Å². The van der Waals surface area contributed by atoms with E-state index in [-0.39, 0.29) is 18.9 Å². The minimum absolute atomic E-state index is 0.0931. The van der Waals surface area contributed by atoms with Gasteiger partial charge in [-0.3, -0.25) is 4.79 Å². The zero-order valence-electron chi connectivity index (χ0n) is 25.8. The van der Waals surface area contributed by atoms with Crippen molar-refractivity contribution in [3.8, 4) is 22.6 Å². The van der Waals surface area contributed by atoms with Crippen LogP contribution in [0.3, 0.4) is 0 Å². The number of carbonyl (C=O) groups is 3. The van der Waals surface area contributed by atoms with Crippen LogP contribution in [0, 0.1) is 17.8 Å². The Morgan fingerprint density at radius 1 is 0.767 bits per heavy atom. The second kappa shape index (κ2) is 16.3. The fraction of sp³-hybridized carbons (Fsp3) is 0.400. The number of urea groups is 1. The van der Waals surface area contributed by atoms with Crippen LogP contribution < -0.4 is 14.8 Å². The number of rotatable bonds is 15. The first-order valence-electron chi connectivity index (χ1n) is 14.8. The van der Waals surface area contributed by atoms with Gasteiger partial charge in [0.05, 0.1) is 13.0 Å². The molecule has 0 aromatic heterocycles. The summed E-state index contributed by atoms with van der Waals surface area (Å²) in [6.45, 7) is 8.54. The van der Waals surface area contributed by atoms with E-state index in [0.717, 1.165) is 23.1 Å². The summed E-state index contributed by atoms with van der Waals surface area (Å²) in [7, 11) is 1.51. The van der Waals surface area contributed by atoms with Crippen LogP contribution in [-0.4, -0.2) is 54.2 Å². The molecule has 3 aromatic carbocycles. The molecule has 3 rings (SSSR count). The van der Waals surface area contributed by atoms with Crippen molar-refractivity contribution in [2.75, 3.05) is 20.2 Å². The lowest BCUT2D eigenvalue weighted by Gasteiger charge is -2.30. The minimum Gasteiger partial charge on any atom is -0.493 e. The monoisotopic (exact) mass is 588 g/mol. The molecule has 0 heterocycles. The maximum Gasteiger partial charge on any atom is 0.326 e. The fourth-order valence-electron chi connectivity index (χ4n) is 4.80. The summed E-state index contributed by atoms with van der Waals surface area (Å²) < 4.78 is 11.1. The van der Waals surface area contributed by atoms with Crippen molar-refractivity contribution in [3.63, 3.8) is 0 Å². The van der Waals surface area contributed by atoms with E-state index >= 15 is 0 Å². The molecule has 0 spiro atoms. The standard InChI is InChI=1S/C35H44N2O6/c1-24(2)15-18-29(34(40)43-32-14-10-9-13-31(32)42-5)23-37(22-25(3)4)35(41)36-30(33(38)39)21-26-16-19-28(20-17-26)27-11-7-6-8-12-27/h6-14,16-17,19-20,24-25,29-30H,15,18,21-23H2,1-5H3,(H,36,41)(H,38,39)/t29-,30-/m0/s1. The Kier molecular flexibility index (Phi) is 12.6. The van der Waals surface area contributed by atoms with E-state index < -0.39 is 29.9 Å².